The molecule has 9 aromatic rings. The Bertz CT molecular complexity index is 4240. The SMILES string of the molecule is COc1ccc(C(OC[C@H]2O[C@@H](n3cc(C)c(=O)[nH]c3=O)CC2OP(=O)(OCCC#N)OC[C@H]2O[C@@H](n3cnc4c(NC(=O)c5ccc(CNC(=O)OCC6c7ccccc7-c7ccccc76)cc5)ncnc43)CC2O)(c2ccccc2)c2ccc(OC)cc2)cc1. The Morgan fingerprint density at radius 2 is 1.38 bits per heavy atom. The Balaban J connectivity index is 0.722. The zero-order valence-electron chi connectivity index (χ0n) is 50.2. The van der Waals surface area contributed by atoms with E-state index in [4.69, 9.17) is 42.0 Å². The van der Waals surface area contributed by atoms with Gasteiger partial charge in [0.05, 0.1) is 59.0 Å². The van der Waals surface area contributed by atoms with Gasteiger partial charge in [0.25, 0.3) is 11.5 Å². The van der Waals surface area contributed by atoms with Crippen molar-refractivity contribution in [3.05, 3.63) is 236 Å². The summed E-state index contributed by atoms with van der Waals surface area (Å²) in [5.41, 5.74) is 5.60. The third-order valence-electron chi connectivity index (χ3n) is 16.5. The van der Waals surface area contributed by atoms with Gasteiger partial charge in [0.1, 0.15) is 60.8 Å². The summed E-state index contributed by atoms with van der Waals surface area (Å²) < 4.78 is 73.0. The Morgan fingerprint density at radius 3 is 2.04 bits per heavy atom. The smallest absolute Gasteiger partial charge is 0.475 e. The van der Waals surface area contributed by atoms with E-state index in [2.05, 4.69) is 54.8 Å². The van der Waals surface area contributed by atoms with Crippen LogP contribution >= 0.6 is 7.82 Å². The molecule has 0 radical (unpaired) electrons. The lowest BCUT2D eigenvalue weighted by Gasteiger charge is -2.37. The first-order valence-corrected chi connectivity index (χ1v) is 31.1. The molecule has 5 heterocycles. The molecule has 0 bridgehead atoms. The number of amides is 2. The Morgan fingerprint density at radius 1 is 0.750 bits per heavy atom. The molecule has 0 spiro atoms. The van der Waals surface area contributed by atoms with Crippen molar-refractivity contribution >= 4 is 36.8 Å². The minimum absolute atomic E-state index is 0.00934. The molecule has 4 N–H and O–H groups in total. The standard InChI is InChI=1S/C67H64N9O15P/c1-41-35-75(65(80)74-63(41)78)59-33-55(57(90-59)37-86-67(44-12-5-4-6-13-44,45-22-26-47(83-2)27-23-45)46-24-28-48(84-3)29-25-46)91-92(82,87-31-11-30-68)88-38-56-54(77)32-58(89-56)76-40-72-60-61(70-39-71-62(60)76)73-64(79)43-20-18-42(19-21-43)34-69-66(81)85-36-53-51-16-9-7-14-49(51)50-15-8-10-17-52(50)53/h4-10,12-29,35,39-40,53-59,77H,11,31-34,36-38H2,1-3H3,(H,69,81)(H,74,78,80)(H,70,71,73,79)/t54?,55?,56-,57-,58-,59-,92?/m1/s1. The van der Waals surface area contributed by atoms with Gasteiger partial charge in [-0.1, -0.05) is 115 Å². The van der Waals surface area contributed by atoms with Gasteiger partial charge in [0.2, 0.25) is 0 Å². The molecule has 92 heavy (non-hydrogen) atoms. The summed E-state index contributed by atoms with van der Waals surface area (Å²) in [7, 11) is -1.64. The van der Waals surface area contributed by atoms with Gasteiger partial charge in [0.15, 0.2) is 17.0 Å². The molecule has 6 aromatic carbocycles. The minimum Gasteiger partial charge on any atom is -0.497 e. The van der Waals surface area contributed by atoms with Crippen LogP contribution in [0.5, 0.6) is 11.5 Å². The van der Waals surface area contributed by atoms with Crippen LogP contribution in [-0.2, 0) is 49.2 Å². The summed E-state index contributed by atoms with van der Waals surface area (Å²) in [6.45, 7) is 0.660. The lowest BCUT2D eigenvalue weighted by Crippen LogP contribution is -2.38. The predicted molar refractivity (Wildman–Crippen MR) is 334 cm³/mol. The van der Waals surface area contributed by atoms with Crippen molar-refractivity contribution < 1.29 is 61.3 Å². The maximum absolute atomic E-state index is 15.1. The van der Waals surface area contributed by atoms with Crippen LogP contribution < -0.4 is 31.4 Å². The van der Waals surface area contributed by atoms with Crippen LogP contribution in [0.25, 0.3) is 22.3 Å². The van der Waals surface area contributed by atoms with Crippen molar-refractivity contribution in [2.75, 3.05) is 46.0 Å². The quantitative estimate of drug-likeness (QED) is 0.0249. The number of phosphoric ester groups is 1. The number of phosphoric acid groups is 1. The number of hydrogen-bond donors (Lipinski definition) is 4. The number of carbonyl (C=O) groups is 2. The fraction of sp³-hybridized carbons (Fsp3) is 0.284. The number of aryl methyl sites for hydroxylation is 1. The fourth-order valence-electron chi connectivity index (χ4n) is 11.8. The van der Waals surface area contributed by atoms with E-state index in [1.165, 1.54) is 30.3 Å². The zero-order chi connectivity index (χ0) is 63.9. The number of rotatable bonds is 24. The van der Waals surface area contributed by atoms with E-state index in [1.54, 1.807) is 43.1 Å². The summed E-state index contributed by atoms with van der Waals surface area (Å²) >= 11 is 0. The van der Waals surface area contributed by atoms with Gasteiger partial charge in [-0.15, -0.1) is 0 Å². The highest BCUT2D eigenvalue weighted by molar-refractivity contribution is 7.48. The number of hydrogen-bond acceptors (Lipinski definition) is 19. The Labute approximate surface area is 527 Å². The summed E-state index contributed by atoms with van der Waals surface area (Å²) in [5, 5.41) is 26.7. The topological polar surface area (TPSA) is 301 Å². The van der Waals surface area contributed by atoms with Crippen LogP contribution in [0.15, 0.2) is 180 Å². The number of aromatic amines is 1. The van der Waals surface area contributed by atoms with Crippen molar-refractivity contribution in [1.29, 1.82) is 5.26 Å². The molecule has 2 fully saturated rings. The molecule has 7 atom stereocenters. The van der Waals surface area contributed by atoms with Crippen LogP contribution in [0.2, 0.25) is 0 Å². The number of alkyl carbamates (subject to hydrolysis) is 1. The van der Waals surface area contributed by atoms with E-state index < -0.39 is 80.2 Å². The molecule has 3 aromatic heterocycles. The zero-order valence-corrected chi connectivity index (χ0v) is 51.1. The second-order valence-electron chi connectivity index (χ2n) is 22.1. The van der Waals surface area contributed by atoms with Crippen molar-refractivity contribution in [3.63, 3.8) is 0 Å². The van der Waals surface area contributed by atoms with E-state index in [9.17, 15) is 29.5 Å². The largest absolute Gasteiger partial charge is 0.497 e. The average molecular weight is 1270 g/mol. The van der Waals surface area contributed by atoms with Gasteiger partial charge < -0.3 is 44.2 Å². The van der Waals surface area contributed by atoms with Gasteiger partial charge >= 0.3 is 19.6 Å². The molecular weight excluding hydrogens is 1200 g/mol. The van der Waals surface area contributed by atoms with E-state index >= 15 is 4.57 Å². The molecule has 1 aliphatic carbocycles. The molecule has 2 saturated heterocycles. The summed E-state index contributed by atoms with van der Waals surface area (Å²) in [4.78, 5) is 68.1. The maximum atomic E-state index is 15.1. The molecule has 472 valence electrons. The molecule has 25 heteroatoms. The molecule has 12 rings (SSSR count). The fourth-order valence-corrected chi connectivity index (χ4v) is 13.2. The third kappa shape index (κ3) is 13.1. The van der Waals surface area contributed by atoms with Crippen molar-refractivity contribution in [3.8, 4) is 28.7 Å². The number of nitrogens with zero attached hydrogens (tertiary/aromatic N) is 6. The minimum atomic E-state index is -4.77. The molecule has 2 amide bonds. The number of imidazole rings is 1. The lowest BCUT2D eigenvalue weighted by molar-refractivity contribution is -0.0960. The van der Waals surface area contributed by atoms with Gasteiger partial charge in [-0.3, -0.25) is 37.3 Å². The molecule has 24 nitrogen and oxygen atoms in total. The molecule has 3 unspecified atom stereocenters. The number of aliphatic hydroxyl groups is 1. The molecule has 0 saturated carbocycles. The maximum Gasteiger partial charge on any atom is 0.475 e. The number of aromatic nitrogens is 6. The van der Waals surface area contributed by atoms with Gasteiger partial charge in [-0.2, -0.15) is 5.26 Å². The highest BCUT2D eigenvalue weighted by atomic mass is 31.2. The number of ether oxygens (including phenoxy) is 6. The highest BCUT2D eigenvalue weighted by Crippen LogP contribution is 2.54. The predicted octanol–water partition coefficient (Wildman–Crippen LogP) is 9.38. The number of benzene rings is 6. The van der Waals surface area contributed by atoms with E-state index in [0.29, 0.717) is 28.2 Å². The van der Waals surface area contributed by atoms with Crippen LogP contribution in [0.3, 0.4) is 0 Å². The molecular formula is C67H64N9O15P. The van der Waals surface area contributed by atoms with E-state index in [0.717, 1.165) is 33.4 Å². The molecule has 2 aliphatic heterocycles. The molecule has 3 aliphatic rings. The Hall–Kier alpha value is -9.67. The van der Waals surface area contributed by atoms with E-state index in [-0.39, 0.29) is 74.1 Å². The number of aliphatic hydroxyl groups excluding tert-OH is 1. The van der Waals surface area contributed by atoms with E-state index in [1.807, 2.05) is 109 Å². The van der Waals surface area contributed by atoms with Crippen molar-refractivity contribution in [2.45, 2.75) is 81.1 Å². The van der Waals surface area contributed by atoms with Gasteiger partial charge in [-0.05, 0) is 87.8 Å². The average Bonchev–Trinajstić information content (AvgIpc) is 0.972. The van der Waals surface area contributed by atoms with Crippen LogP contribution in [0.1, 0.15) is 86.9 Å². The van der Waals surface area contributed by atoms with Gasteiger partial charge in [-0.25, -0.2) is 29.1 Å². The Kier molecular flexibility index (Phi) is 18.6. The van der Waals surface area contributed by atoms with Crippen molar-refractivity contribution in [1.82, 2.24) is 34.4 Å². The van der Waals surface area contributed by atoms with Crippen LogP contribution in [-0.4, -0.2) is 111 Å². The third-order valence-corrected chi connectivity index (χ3v) is 18.0. The number of nitrogens with one attached hydrogen (secondary N) is 3. The normalized spacial score (nSPS) is 19.2. The number of carbonyl (C=O) groups excluding carboxylic acids is 2. The van der Waals surface area contributed by atoms with Crippen molar-refractivity contribution in [2.24, 2.45) is 0 Å². The number of H-pyrrole nitrogens is 1. The second kappa shape index (κ2) is 27.4. The number of fused-ring (bicyclic) bond motifs is 4. The number of anilines is 1. The first-order chi connectivity index (χ1) is 44.7. The second-order valence-corrected chi connectivity index (χ2v) is 23.7. The summed E-state index contributed by atoms with van der Waals surface area (Å²) in [6.07, 6.45) is -3.59. The number of methoxy groups -OCH3 is 2. The van der Waals surface area contributed by atoms with Gasteiger partial charge in [0, 0.05) is 42.6 Å². The number of nitriles is 1. The highest BCUT2D eigenvalue weighted by Gasteiger charge is 2.47. The summed E-state index contributed by atoms with van der Waals surface area (Å²) in [6, 6.07) is 49.1. The first-order valence-electron chi connectivity index (χ1n) is 29.7. The summed E-state index contributed by atoms with van der Waals surface area (Å²) in [5.74, 6) is 0.724. The monoisotopic (exact) mass is 1270 g/mol. The van der Waals surface area contributed by atoms with Crippen LogP contribution in [0.4, 0.5) is 10.6 Å². The first kappa shape index (κ1) is 62.5. The lowest BCUT2D eigenvalue weighted by atomic mass is 9.80. The van der Waals surface area contributed by atoms with Crippen LogP contribution in [0, 0.1) is 18.3 Å².